The van der Waals surface area contributed by atoms with Crippen LogP contribution in [0.2, 0.25) is 0 Å². The fourth-order valence-electron chi connectivity index (χ4n) is 0.728. The summed E-state index contributed by atoms with van der Waals surface area (Å²) in [5, 5.41) is 8.77. The molecule has 0 fully saturated rings. The Morgan fingerprint density at radius 1 is 1.42 bits per heavy atom. The van der Waals surface area contributed by atoms with E-state index in [2.05, 4.69) is 4.98 Å². The zero-order valence-electron chi connectivity index (χ0n) is 5.97. The molecule has 0 saturated carbocycles. The van der Waals surface area contributed by atoms with Crippen molar-refractivity contribution in [3.05, 3.63) is 29.6 Å². The topological polar surface area (TPSA) is 33.1 Å². The number of alkyl halides is 3. The quantitative estimate of drug-likeness (QED) is 0.746. The van der Waals surface area contributed by atoms with Gasteiger partial charge in [-0.1, -0.05) is 34.8 Å². The number of rotatable bonds is 1. The average molecular weight is 226 g/mol. The van der Waals surface area contributed by atoms with Crippen molar-refractivity contribution < 1.29 is 5.11 Å². The Labute approximate surface area is 85.1 Å². The molecule has 2 nitrogen and oxygen atoms in total. The first-order chi connectivity index (χ1) is 5.54. The molecule has 0 aromatic carbocycles. The van der Waals surface area contributed by atoms with E-state index in [1.54, 1.807) is 12.1 Å². The van der Waals surface area contributed by atoms with Crippen LogP contribution >= 0.6 is 34.8 Å². The van der Waals surface area contributed by atoms with Gasteiger partial charge in [0.25, 0.3) is 0 Å². The molecule has 12 heavy (non-hydrogen) atoms. The number of aromatic nitrogens is 1. The lowest BCUT2D eigenvalue weighted by Gasteiger charge is -2.10. The molecule has 0 unspecified atom stereocenters. The predicted octanol–water partition coefficient (Wildman–Crippen LogP) is 2.40. The summed E-state index contributed by atoms with van der Waals surface area (Å²) in [7, 11) is 0. The van der Waals surface area contributed by atoms with Crippen molar-refractivity contribution in [1.82, 2.24) is 4.98 Å². The molecule has 0 bridgehead atoms. The van der Waals surface area contributed by atoms with Crippen LogP contribution in [0.4, 0.5) is 0 Å². The van der Waals surface area contributed by atoms with Gasteiger partial charge in [-0.2, -0.15) is 0 Å². The Hall–Kier alpha value is -0.0200. The Kier molecular flexibility index (Phi) is 3.18. The summed E-state index contributed by atoms with van der Waals surface area (Å²) in [6.07, 6.45) is 1.49. The fraction of sp³-hybridized carbons (Fsp3) is 0.286. The summed E-state index contributed by atoms with van der Waals surface area (Å²) in [5.74, 6) is 0. The molecule has 1 rings (SSSR count). The molecule has 0 aliphatic carbocycles. The maximum Gasteiger partial charge on any atom is 0.232 e. The number of hydrogen-bond donors (Lipinski definition) is 1. The molecular formula is C7H6Cl3NO. The third-order valence-electron chi connectivity index (χ3n) is 1.30. The highest BCUT2D eigenvalue weighted by Crippen LogP contribution is 2.36. The Balaban J connectivity index is 3.02. The minimum absolute atomic E-state index is 0.0870. The van der Waals surface area contributed by atoms with Crippen molar-refractivity contribution in [1.29, 1.82) is 0 Å². The predicted molar refractivity (Wildman–Crippen MR) is 49.4 cm³/mol. The lowest BCUT2D eigenvalue weighted by atomic mass is 10.2. The van der Waals surface area contributed by atoms with Crippen molar-refractivity contribution in [3.63, 3.8) is 0 Å². The first kappa shape index (κ1) is 10.1. The minimum atomic E-state index is -1.52. The maximum atomic E-state index is 8.77. The van der Waals surface area contributed by atoms with Crippen LogP contribution in [0.15, 0.2) is 18.3 Å². The van der Waals surface area contributed by atoms with Gasteiger partial charge in [0.1, 0.15) is 0 Å². The Morgan fingerprint density at radius 3 is 2.58 bits per heavy atom. The van der Waals surface area contributed by atoms with E-state index in [9.17, 15) is 0 Å². The Bertz CT molecular complexity index is 272. The lowest BCUT2D eigenvalue weighted by Crippen LogP contribution is -2.03. The van der Waals surface area contributed by atoms with Gasteiger partial charge in [-0.05, 0) is 17.7 Å². The second kappa shape index (κ2) is 3.79. The number of pyridine rings is 1. The molecule has 5 heteroatoms. The summed E-state index contributed by atoms with van der Waals surface area (Å²) in [4.78, 5) is 3.85. The van der Waals surface area contributed by atoms with E-state index in [1.165, 1.54) is 6.20 Å². The van der Waals surface area contributed by atoms with Gasteiger partial charge in [-0.3, -0.25) is 4.98 Å². The van der Waals surface area contributed by atoms with Crippen molar-refractivity contribution >= 4 is 34.8 Å². The highest BCUT2D eigenvalue weighted by atomic mass is 35.6. The number of hydrogen-bond acceptors (Lipinski definition) is 2. The van der Waals surface area contributed by atoms with Crippen LogP contribution in [0.3, 0.4) is 0 Å². The molecule has 0 atom stereocenters. The second-order valence-electron chi connectivity index (χ2n) is 2.21. The number of halogens is 3. The van der Waals surface area contributed by atoms with Gasteiger partial charge in [-0.25, -0.2) is 0 Å². The highest BCUT2D eigenvalue weighted by Gasteiger charge is 2.24. The minimum Gasteiger partial charge on any atom is -0.392 e. The van der Waals surface area contributed by atoms with Crippen LogP contribution in [0.25, 0.3) is 0 Å². The summed E-state index contributed by atoms with van der Waals surface area (Å²) in [6, 6.07) is 3.20. The van der Waals surface area contributed by atoms with Crippen LogP contribution in [0.1, 0.15) is 11.3 Å². The SMILES string of the molecule is OCc1ccnc(C(Cl)(Cl)Cl)c1. The van der Waals surface area contributed by atoms with Gasteiger partial charge in [0.2, 0.25) is 3.79 Å². The molecule has 0 amide bonds. The van der Waals surface area contributed by atoms with Crippen molar-refractivity contribution in [3.8, 4) is 0 Å². The third-order valence-corrected chi connectivity index (χ3v) is 1.88. The summed E-state index contributed by atoms with van der Waals surface area (Å²) < 4.78 is -1.52. The van der Waals surface area contributed by atoms with Gasteiger partial charge in [0.15, 0.2) is 0 Å². The number of nitrogens with zero attached hydrogens (tertiary/aromatic N) is 1. The molecule has 1 N–H and O–H groups in total. The van der Waals surface area contributed by atoms with Crippen LogP contribution in [-0.4, -0.2) is 10.1 Å². The van der Waals surface area contributed by atoms with E-state index in [4.69, 9.17) is 39.9 Å². The van der Waals surface area contributed by atoms with Gasteiger partial charge >= 0.3 is 0 Å². The van der Waals surface area contributed by atoms with E-state index in [-0.39, 0.29) is 6.61 Å². The normalized spacial score (nSPS) is 11.7. The van der Waals surface area contributed by atoms with Crippen molar-refractivity contribution in [2.75, 3.05) is 0 Å². The number of aliphatic hydroxyl groups is 1. The molecule has 1 aromatic heterocycles. The lowest BCUT2D eigenvalue weighted by molar-refractivity contribution is 0.281. The van der Waals surface area contributed by atoms with E-state index in [0.717, 1.165) is 0 Å². The fourth-order valence-corrected chi connectivity index (χ4v) is 1.04. The molecule has 0 spiro atoms. The van der Waals surface area contributed by atoms with Crippen molar-refractivity contribution in [2.45, 2.75) is 10.4 Å². The molecular weight excluding hydrogens is 220 g/mol. The largest absolute Gasteiger partial charge is 0.392 e. The van der Waals surface area contributed by atoms with Gasteiger partial charge in [0.05, 0.1) is 12.3 Å². The molecule has 66 valence electrons. The van der Waals surface area contributed by atoms with Gasteiger partial charge in [0, 0.05) is 6.20 Å². The van der Waals surface area contributed by atoms with Crippen LogP contribution < -0.4 is 0 Å². The monoisotopic (exact) mass is 225 g/mol. The molecule has 0 saturated heterocycles. The average Bonchev–Trinajstić information content (AvgIpc) is 2.03. The molecule has 0 radical (unpaired) electrons. The molecule has 0 aliphatic rings. The maximum absolute atomic E-state index is 8.77. The third kappa shape index (κ3) is 2.49. The summed E-state index contributed by atoms with van der Waals surface area (Å²) >= 11 is 16.7. The molecule has 1 heterocycles. The van der Waals surface area contributed by atoms with E-state index in [1.807, 2.05) is 0 Å². The van der Waals surface area contributed by atoms with Crippen LogP contribution in [0, 0.1) is 0 Å². The zero-order chi connectivity index (χ0) is 9.19. The van der Waals surface area contributed by atoms with Gasteiger partial charge < -0.3 is 5.11 Å². The summed E-state index contributed by atoms with van der Waals surface area (Å²) in [6.45, 7) is -0.0870. The van der Waals surface area contributed by atoms with Crippen LogP contribution in [-0.2, 0) is 10.4 Å². The Morgan fingerprint density at radius 2 is 2.08 bits per heavy atom. The molecule has 1 aromatic rings. The van der Waals surface area contributed by atoms with Crippen LogP contribution in [0.5, 0.6) is 0 Å². The van der Waals surface area contributed by atoms with Gasteiger partial charge in [-0.15, -0.1) is 0 Å². The van der Waals surface area contributed by atoms with E-state index >= 15 is 0 Å². The first-order valence-electron chi connectivity index (χ1n) is 3.17. The highest BCUT2D eigenvalue weighted by molar-refractivity contribution is 6.66. The smallest absolute Gasteiger partial charge is 0.232 e. The second-order valence-corrected chi connectivity index (χ2v) is 4.49. The van der Waals surface area contributed by atoms with Crippen molar-refractivity contribution in [2.24, 2.45) is 0 Å². The number of aliphatic hydroxyl groups excluding tert-OH is 1. The zero-order valence-corrected chi connectivity index (χ0v) is 8.24. The molecule has 0 aliphatic heterocycles. The summed E-state index contributed by atoms with van der Waals surface area (Å²) in [5.41, 5.74) is 0.991. The first-order valence-corrected chi connectivity index (χ1v) is 4.30. The van der Waals surface area contributed by atoms with E-state index < -0.39 is 3.79 Å². The van der Waals surface area contributed by atoms with E-state index in [0.29, 0.717) is 11.3 Å². The standard InChI is InChI=1S/C7H6Cl3NO/c8-7(9,10)6-3-5(4-12)1-2-11-6/h1-3,12H,4H2.